The molecule has 0 aromatic heterocycles. The molecular weight excluding hydrogens is 216 g/mol. The largest absolute Gasteiger partial charge is 0.464 e. The van der Waals surface area contributed by atoms with Crippen molar-refractivity contribution >= 4 is 5.97 Å². The Bertz CT molecular complexity index is 396. The van der Waals surface area contributed by atoms with Crippen molar-refractivity contribution < 1.29 is 14.6 Å². The Hall–Kier alpha value is -1.35. The van der Waals surface area contributed by atoms with Gasteiger partial charge in [0.05, 0.1) is 6.61 Å². The van der Waals surface area contributed by atoms with E-state index in [4.69, 9.17) is 4.74 Å². The van der Waals surface area contributed by atoms with E-state index in [0.29, 0.717) is 18.1 Å². The lowest BCUT2D eigenvalue weighted by atomic mass is 9.77. The van der Waals surface area contributed by atoms with Crippen LogP contribution in [0, 0.1) is 0 Å². The number of hydrogen-bond acceptors (Lipinski definition) is 3. The van der Waals surface area contributed by atoms with Crippen LogP contribution in [0.2, 0.25) is 0 Å². The zero-order valence-electron chi connectivity index (χ0n) is 10.1. The molecule has 92 valence electrons. The van der Waals surface area contributed by atoms with Gasteiger partial charge in [-0.05, 0) is 36.8 Å². The van der Waals surface area contributed by atoms with Crippen LogP contribution >= 0.6 is 0 Å². The van der Waals surface area contributed by atoms with Crippen molar-refractivity contribution in [1.82, 2.24) is 0 Å². The average Bonchev–Trinajstić information content (AvgIpc) is 2.27. The molecule has 1 fully saturated rings. The first kappa shape index (κ1) is 12.1. The molecule has 1 aromatic rings. The standard InChI is InChI=1S/C14H18O3/c1-2-17-14(16)13(15)12-9-4-3-8-11(12)10-6-5-7-10/h3-4,8-10,13,15H,2,5-7H2,1H3. The van der Waals surface area contributed by atoms with Gasteiger partial charge in [0.2, 0.25) is 0 Å². The summed E-state index contributed by atoms with van der Waals surface area (Å²) in [5.41, 5.74) is 1.80. The van der Waals surface area contributed by atoms with Crippen molar-refractivity contribution in [3.63, 3.8) is 0 Å². The monoisotopic (exact) mass is 234 g/mol. The molecule has 1 N–H and O–H groups in total. The number of carbonyl (C=O) groups is 1. The van der Waals surface area contributed by atoms with Crippen LogP contribution in [0.15, 0.2) is 24.3 Å². The Morgan fingerprint density at radius 1 is 1.47 bits per heavy atom. The summed E-state index contributed by atoms with van der Waals surface area (Å²) in [4.78, 5) is 11.6. The lowest BCUT2D eigenvalue weighted by Crippen LogP contribution is -2.19. The molecule has 1 atom stereocenters. The maximum Gasteiger partial charge on any atom is 0.339 e. The van der Waals surface area contributed by atoms with Gasteiger partial charge in [-0.15, -0.1) is 0 Å². The second kappa shape index (κ2) is 5.32. The minimum atomic E-state index is -1.15. The van der Waals surface area contributed by atoms with Crippen LogP contribution in [0.5, 0.6) is 0 Å². The first-order valence-electron chi connectivity index (χ1n) is 6.17. The molecule has 0 radical (unpaired) electrons. The summed E-state index contributed by atoms with van der Waals surface area (Å²) in [6, 6.07) is 7.62. The Labute approximate surface area is 101 Å². The van der Waals surface area contributed by atoms with Gasteiger partial charge in [-0.1, -0.05) is 30.7 Å². The SMILES string of the molecule is CCOC(=O)C(O)c1ccccc1C1CCC1. The fraction of sp³-hybridized carbons (Fsp3) is 0.500. The molecule has 3 heteroatoms. The predicted molar refractivity (Wildman–Crippen MR) is 64.6 cm³/mol. The molecule has 1 saturated carbocycles. The van der Waals surface area contributed by atoms with Crippen LogP contribution in [-0.2, 0) is 9.53 Å². The summed E-state index contributed by atoms with van der Waals surface area (Å²) in [6.45, 7) is 2.03. The van der Waals surface area contributed by atoms with Crippen LogP contribution in [0.25, 0.3) is 0 Å². The third-order valence-corrected chi connectivity index (χ3v) is 3.35. The van der Waals surface area contributed by atoms with Gasteiger partial charge in [0.15, 0.2) is 6.10 Å². The first-order valence-corrected chi connectivity index (χ1v) is 6.17. The van der Waals surface area contributed by atoms with Gasteiger partial charge in [0.25, 0.3) is 0 Å². The highest BCUT2D eigenvalue weighted by Crippen LogP contribution is 2.39. The zero-order valence-corrected chi connectivity index (χ0v) is 10.1. The predicted octanol–water partition coefficient (Wildman–Crippen LogP) is 2.55. The van der Waals surface area contributed by atoms with Crippen LogP contribution in [0.4, 0.5) is 0 Å². The van der Waals surface area contributed by atoms with E-state index in [1.165, 1.54) is 6.42 Å². The van der Waals surface area contributed by atoms with Crippen LogP contribution in [0.1, 0.15) is 49.3 Å². The van der Waals surface area contributed by atoms with Gasteiger partial charge < -0.3 is 9.84 Å². The van der Waals surface area contributed by atoms with E-state index in [2.05, 4.69) is 0 Å². The Balaban J connectivity index is 2.21. The van der Waals surface area contributed by atoms with Crippen molar-refractivity contribution in [3.05, 3.63) is 35.4 Å². The van der Waals surface area contributed by atoms with E-state index < -0.39 is 12.1 Å². The number of aliphatic hydroxyl groups excluding tert-OH is 1. The zero-order chi connectivity index (χ0) is 12.3. The third-order valence-electron chi connectivity index (χ3n) is 3.35. The molecule has 0 amide bonds. The molecule has 0 bridgehead atoms. The fourth-order valence-corrected chi connectivity index (χ4v) is 2.20. The molecule has 1 aliphatic rings. The summed E-state index contributed by atoms with van der Waals surface area (Å²) in [5, 5.41) is 9.99. The molecule has 0 aliphatic heterocycles. The van der Waals surface area contributed by atoms with Crippen molar-refractivity contribution in [2.75, 3.05) is 6.61 Å². The van der Waals surface area contributed by atoms with E-state index in [9.17, 15) is 9.90 Å². The number of carbonyl (C=O) groups excluding carboxylic acids is 1. The van der Waals surface area contributed by atoms with E-state index in [0.717, 1.165) is 18.4 Å². The molecule has 1 aromatic carbocycles. The molecular formula is C14H18O3. The van der Waals surface area contributed by atoms with Crippen LogP contribution in [-0.4, -0.2) is 17.7 Å². The Kier molecular flexibility index (Phi) is 3.79. The van der Waals surface area contributed by atoms with E-state index in [1.54, 1.807) is 6.92 Å². The smallest absolute Gasteiger partial charge is 0.339 e. The number of ether oxygens (including phenoxy) is 1. The summed E-state index contributed by atoms with van der Waals surface area (Å²) in [5.74, 6) is -0.0606. The van der Waals surface area contributed by atoms with Gasteiger partial charge in [0, 0.05) is 0 Å². The molecule has 2 rings (SSSR count). The van der Waals surface area contributed by atoms with Crippen LogP contribution in [0.3, 0.4) is 0 Å². The maximum atomic E-state index is 11.6. The normalized spacial score (nSPS) is 17.3. The molecule has 1 aliphatic carbocycles. The topological polar surface area (TPSA) is 46.5 Å². The minimum Gasteiger partial charge on any atom is -0.464 e. The Morgan fingerprint density at radius 3 is 2.76 bits per heavy atom. The highest BCUT2D eigenvalue weighted by molar-refractivity contribution is 5.76. The van der Waals surface area contributed by atoms with Gasteiger partial charge in [-0.3, -0.25) is 0 Å². The lowest BCUT2D eigenvalue weighted by molar-refractivity contribution is -0.153. The molecule has 17 heavy (non-hydrogen) atoms. The maximum absolute atomic E-state index is 11.6. The highest BCUT2D eigenvalue weighted by Gasteiger charge is 2.27. The number of benzene rings is 1. The van der Waals surface area contributed by atoms with Gasteiger partial charge in [-0.2, -0.15) is 0 Å². The van der Waals surface area contributed by atoms with Crippen molar-refractivity contribution in [1.29, 1.82) is 0 Å². The lowest BCUT2D eigenvalue weighted by Gasteiger charge is -2.28. The number of hydrogen-bond donors (Lipinski definition) is 1. The van der Waals surface area contributed by atoms with Crippen molar-refractivity contribution in [2.45, 2.75) is 38.2 Å². The number of aliphatic hydroxyl groups is 1. The first-order chi connectivity index (χ1) is 8.24. The van der Waals surface area contributed by atoms with Gasteiger partial charge in [0.1, 0.15) is 0 Å². The van der Waals surface area contributed by atoms with E-state index in [1.807, 2.05) is 24.3 Å². The van der Waals surface area contributed by atoms with Gasteiger partial charge >= 0.3 is 5.97 Å². The van der Waals surface area contributed by atoms with E-state index >= 15 is 0 Å². The Morgan fingerprint density at radius 2 is 2.18 bits per heavy atom. The van der Waals surface area contributed by atoms with Crippen molar-refractivity contribution in [3.8, 4) is 0 Å². The van der Waals surface area contributed by atoms with Gasteiger partial charge in [-0.25, -0.2) is 4.79 Å². The summed E-state index contributed by atoms with van der Waals surface area (Å²) in [7, 11) is 0. The van der Waals surface area contributed by atoms with E-state index in [-0.39, 0.29) is 0 Å². The summed E-state index contributed by atoms with van der Waals surface area (Å²) >= 11 is 0. The van der Waals surface area contributed by atoms with Crippen LogP contribution < -0.4 is 0 Å². The molecule has 0 spiro atoms. The molecule has 1 unspecified atom stereocenters. The second-order valence-corrected chi connectivity index (χ2v) is 4.41. The number of rotatable bonds is 4. The summed E-state index contributed by atoms with van der Waals surface area (Å²) in [6.07, 6.45) is 2.37. The highest BCUT2D eigenvalue weighted by atomic mass is 16.5. The molecule has 0 saturated heterocycles. The molecule has 3 nitrogen and oxygen atoms in total. The average molecular weight is 234 g/mol. The molecule has 0 heterocycles. The second-order valence-electron chi connectivity index (χ2n) is 4.41. The quantitative estimate of drug-likeness (QED) is 0.814. The summed E-state index contributed by atoms with van der Waals surface area (Å²) < 4.78 is 4.86. The fourth-order valence-electron chi connectivity index (χ4n) is 2.20. The number of esters is 1. The minimum absolute atomic E-state index is 0.293. The third kappa shape index (κ3) is 2.50. The van der Waals surface area contributed by atoms with Crippen molar-refractivity contribution in [2.24, 2.45) is 0 Å².